The fourth-order valence-electron chi connectivity index (χ4n) is 3.39. The van der Waals surface area contributed by atoms with E-state index in [4.69, 9.17) is 9.15 Å². The Balaban J connectivity index is 1.29. The summed E-state index contributed by atoms with van der Waals surface area (Å²) >= 11 is 1.22. The van der Waals surface area contributed by atoms with E-state index in [2.05, 4.69) is 10.3 Å². The van der Waals surface area contributed by atoms with Crippen LogP contribution in [-0.2, 0) is 4.79 Å². The highest BCUT2D eigenvalue weighted by atomic mass is 32.1. The van der Waals surface area contributed by atoms with Gasteiger partial charge in [-0.05, 0) is 30.3 Å². The number of imide groups is 1. The summed E-state index contributed by atoms with van der Waals surface area (Å²) in [5.74, 6) is -0.223. The van der Waals surface area contributed by atoms with Gasteiger partial charge in [0.2, 0.25) is 5.91 Å². The van der Waals surface area contributed by atoms with Crippen molar-refractivity contribution in [3.05, 3.63) is 65.0 Å². The van der Waals surface area contributed by atoms with Crippen LogP contribution >= 0.6 is 11.3 Å². The molecule has 8 nitrogen and oxygen atoms in total. The molecule has 4 aromatic rings. The highest BCUT2D eigenvalue weighted by Crippen LogP contribution is 2.32. The molecule has 154 valence electrons. The maximum atomic E-state index is 12.4. The molecule has 3 amide bonds. The second kappa shape index (κ2) is 7.37. The molecule has 0 fully saturated rings. The molecule has 5 rings (SSSR count). The van der Waals surface area contributed by atoms with Crippen molar-refractivity contribution in [1.29, 1.82) is 0 Å². The number of thiazole rings is 1. The number of hydrogen-bond donors (Lipinski definition) is 1. The van der Waals surface area contributed by atoms with E-state index >= 15 is 0 Å². The molecule has 0 radical (unpaired) electrons. The summed E-state index contributed by atoms with van der Waals surface area (Å²) in [5.41, 5.74) is 1.84. The van der Waals surface area contributed by atoms with E-state index in [0.717, 1.165) is 10.3 Å². The number of fused-ring (bicyclic) bond motifs is 2. The minimum atomic E-state index is -0.509. The molecule has 0 atom stereocenters. The molecule has 2 aromatic heterocycles. The number of rotatable bonds is 5. The van der Waals surface area contributed by atoms with Gasteiger partial charge in [0.15, 0.2) is 10.9 Å². The summed E-state index contributed by atoms with van der Waals surface area (Å²) in [6.45, 7) is -0.383. The van der Waals surface area contributed by atoms with Crippen LogP contribution in [-0.4, -0.2) is 41.3 Å². The van der Waals surface area contributed by atoms with Gasteiger partial charge in [0, 0.05) is 16.8 Å². The van der Waals surface area contributed by atoms with Crippen molar-refractivity contribution in [2.24, 2.45) is 0 Å². The van der Waals surface area contributed by atoms with Crippen LogP contribution in [0.2, 0.25) is 0 Å². The molecule has 0 aliphatic carbocycles. The zero-order valence-corrected chi connectivity index (χ0v) is 17.1. The predicted octanol–water partition coefficient (Wildman–Crippen LogP) is 3.80. The summed E-state index contributed by atoms with van der Waals surface area (Å²) in [5, 5.41) is 5.64. The van der Waals surface area contributed by atoms with Crippen LogP contribution in [0.3, 0.4) is 0 Å². The van der Waals surface area contributed by atoms with Crippen LogP contribution in [0, 0.1) is 0 Å². The van der Waals surface area contributed by atoms with E-state index in [0.29, 0.717) is 39.0 Å². The minimum Gasteiger partial charge on any atom is -0.497 e. The summed E-state index contributed by atoms with van der Waals surface area (Å²) < 4.78 is 11.0. The number of carbonyl (C=O) groups is 3. The Hall–Kier alpha value is -3.98. The van der Waals surface area contributed by atoms with Gasteiger partial charge in [-0.15, -0.1) is 11.3 Å². The third kappa shape index (κ3) is 3.34. The first-order valence-corrected chi connectivity index (χ1v) is 10.2. The molecule has 0 spiro atoms. The number of nitrogens with one attached hydrogen (secondary N) is 1. The van der Waals surface area contributed by atoms with Crippen molar-refractivity contribution < 1.29 is 23.5 Å². The maximum absolute atomic E-state index is 12.4. The highest BCUT2D eigenvalue weighted by Gasteiger charge is 2.36. The second-order valence-corrected chi connectivity index (χ2v) is 7.70. The van der Waals surface area contributed by atoms with Crippen LogP contribution in [0.15, 0.2) is 58.3 Å². The molecule has 31 heavy (non-hydrogen) atoms. The quantitative estimate of drug-likeness (QED) is 0.481. The summed E-state index contributed by atoms with van der Waals surface area (Å²) in [6, 6.07) is 13.9. The van der Waals surface area contributed by atoms with E-state index in [-0.39, 0.29) is 6.54 Å². The zero-order chi connectivity index (χ0) is 21.5. The van der Waals surface area contributed by atoms with E-state index < -0.39 is 17.7 Å². The lowest BCUT2D eigenvalue weighted by atomic mass is 10.1. The van der Waals surface area contributed by atoms with Gasteiger partial charge in [0.25, 0.3) is 11.8 Å². The summed E-state index contributed by atoms with van der Waals surface area (Å²) in [4.78, 5) is 42.6. The first-order chi connectivity index (χ1) is 15.0. The van der Waals surface area contributed by atoms with Crippen LogP contribution in [0.1, 0.15) is 20.7 Å². The molecule has 0 unspecified atom stereocenters. The van der Waals surface area contributed by atoms with E-state index in [1.165, 1.54) is 11.3 Å². The molecule has 3 heterocycles. The summed E-state index contributed by atoms with van der Waals surface area (Å²) in [7, 11) is 1.59. The van der Waals surface area contributed by atoms with Crippen molar-refractivity contribution >= 4 is 45.2 Å². The van der Waals surface area contributed by atoms with Crippen LogP contribution < -0.4 is 10.1 Å². The van der Waals surface area contributed by atoms with Crippen LogP contribution in [0.5, 0.6) is 5.75 Å². The zero-order valence-electron chi connectivity index (χ0n) is 16.2. The van der Waals surface area contributed by atoms with E-state index in [1.54, 1.807) is 42.8 Å². The number of hydrogen-bond acceptors (Lipinski definition) is 7. The average molecular weight is 433 g/mol. The Morgan fingerprint density at radius 3 is 2.58 bits per heavy atom. The third-order valence-electron chi connectivity index (χ3n) is 4.91. The van der Waals surface area contributed by atoms with E-state index in [1.807, 2.05) is 18.2 Å². The molecular formula is C22H15N3O5S. The standard InChI is InChI=1S/C22H15N3O5S/c1-29-13-7-6-12-8-18(30-17(12)9-13)16-11-31-22(23-16)24-19(26)10-25-20(27)14-4-2-3-5-15(14)21(25)28/h2-9,11H,10H2,1H3,(H,23,24,26). The van der Waals surface area contributed by atoms with Crippen molar-refractivity contribution in [2.45, 2.75) is 0 Å². The summed E-state index contributed by atoms with van der Waals surface area (Å²) in [6.07, 6.45) is 0. The van der Waals surface area contributed by atoms with Crippen LogP contribution in [0.4, 0.5) is 5.13 Å². The van der Waals surface area contributed by atoms with Gasteiger partial charge in [-0.1, -0.05) is 12.1 Å². The number of amides is 3. The lowest BCUT2D eigenvalue weighted by molar-refractivity contribution is -0.116. The normalized spacial score (nSPS) is 13.0. The van der Waals surface area contributed by atoms with E-state index in [9.17, 15) is 14.4 Å². The van der Waals surface area contributed by atoms with Crippen molar-refractivity contribution in [3.8, 4) is 17.2 Å². The number of methoxy groups -OCH3 is 1. The lowest BCUT2D eigenvalue weighted by Gasteiger charge is -2.12. The molecule has 2 aromatic carbocycles. The predicted molar refractivity (Wildman–Crippen MR) is 114 cm³/mol. The third-order valence-corrected chi connectivity index (χ3v) is 5.67. The number of furan rings is 1. The molecule has 0 saturated heterocycles. The number of ether oxygens (including phenoxy) is 1. The lowest BCUT2D eigenvalue weighted by Crippen LogP contribution is -2.37. The number of benzene rings is 2. The second-order valence-electron chi connectivity index (χ2n) is 6.84. The van der Waals surface area contributed by atoms with Gasteiger partial charge < -0.3 is 14.5 Å². The van der Waals surface area contributed by atoms with Crippen molar-refractivity contribution in [1.82, 2.24) is 9.88 Å². The average Bonchev–Trinajstić information content (AvgIpc) is 3.47. The molecule has 1 aliphatic rings. The Kier molecular flexibility index (Phi) is 4.52. The topological polar surface area (TPSA) is 102 Å². The van der Waals surface area contributed by atoms with Crippen LogP contribution in [0.25, 0.3) is 22.4 Å². The maximum Gasteiger partial charge on any atom is 0.262 e. The van der Waals surface area contributed by atoms with Gasteiger partial charge in [-0.3, -0.25) is 19.3 Å². The number of carbonyl (C=O) groups excluding carboxylic acids is 3. The van der Waals surface area contributed by atoms with Gasteiger partial charge in [0.05, 0.1) is 18.2 Å². The number of anilines is 1. The number of nitrogens with zero attached hydrogens (tertiary/aromatic N) is 2. The largest absolute Gasteiger partial charge is 0.497 e. The molecule has 1 aliphatic heterocycles. The minimum absolute atomic E-state index is 0.304. The van der Waals surface area contributed by atoms with Crippen molar-refractivity contribution in [3.63, 3.8) is 0 Å². The van der Waals surface area contributed by atoms with Gasteiger partial charge in [0.1, 0.15) is 23.6 Å². The highest BCUT2D eigenvalue weighted by molar-refractivity contribution is 7.14. The molecule has 1 N–H and O–H groups in total. The smallest absolute Gasteiger partial charge is 0.262 e. The van der Waals surface area contributed by atoms with Gasteiger partial charge >= 0.3 is 0 Å². The van der Waals surface area contributed by atoms with Crippen molar-refractivity contribution in [2.75, 3.05) is 19.0 Å². The first kappa shape index (κ1) is 19.0. The molecule has 0 bridgehead atoms. The number of aromatic nitrogens is 1. The Bertz CT molecular complexity index is 1320. The fourth-order valence-corrected chi connectivity index (χ4v) is 4.11. The monoisotopic (exact) mass is 433 g/mol. The molecular weight excluding hydrogens is 418 g/mol. The fraction of sp³-hybridized carbons (Fsp3) is 0.0909. The SMILES string of the molecule is COc1ccc2cc(-c3csc(NC(=O)CN4C(=O)c5ccccc5C4=O)n3)oc2c1. The molecule has 0 saturated carbocycles. The molecule has 9 heteroatoms. The van der Waals surface area contributed by atoms with Gasteiger partial charge in [-0.25, -0.2) is 4.98 Å². The Morgan fingerprint density at radius 1 is 1.13 bits per heavy atom. The Morgan fingerprint density at radius 2 is 1.87 bits per heavy atom. The Labute approximate surface area is 180 Å². The van der Waals surface area contributed by atoms with Gasteiger partial charge in [-0.2, -0.15) is 0 Å². The first-order valence-electron chi connectivity index (χ1n) is 9.32.